The summed E-state index contributed by atoms with van der Waals surface area (Å²) in [5.74, 6) is 0.109. The summed E-state index contributed by atoms with van der Waals surface area (Å²) >= 11 is 0. The van der Waals surface area contributed by atoms with Gasteiger partial charge in [0.15, 0.2) is 0 Å². The molecule has 118 valence electrons. The predicted molar refractivity (Wildman–Crippen MR) is 81.9 cm³/mol. The normalized spacial score (nSPS) is 19.6. The average molecular weight is 285 g/mol. The van der Waals surface area contributed by atoms with Gasteiger partial charge in [-0.05, 0) is 39.8 Å². The molecule has 20 heavy (non-hydrogen) atoms. The van der Waals surface area contributed by atoms with Crippen LogP contribution in [0.15, 0.2) is 0 Å². The summed E-state index contributed by atoms with van der Waals surface area (Å²) < 4.78 is 5.32. The van der Waals surface area contributed by atoms with Crippen molar-refractivity contribution in [3.8, 4) is 0 Å². The molecule has 1 rings (SSSR count). The van der Waals surface area contributed by atoms with Crippen LogP contribution in [0.1, 0.15) is 40.0 Å². The molecule has 2 unspecified atom stereocenters. The molecule has 0 saturated carbocycles. The molecular formula is C15H31N3O2. The van der Waals surface area contributed by atoms with Crippen molar-refractivity contribution in [2.75, 3.05) is 39.4 Å². The maximum Gasteiger partial charge on any atom is 0.237 e. The quantitative estimate of drug-likeness (QED) is 0.620. The Morgan fingerprint density at radius 3 is 2.65 bits per heavy atom. The molecule has 0 spiro atoms. The van der Waals surface area contributed by atoms with Crippen LogP contribution in [0, 0.1) is 0 Å². The Balaban J connectivity index is 2.06. The van der Waals surface area contributed by atoms with Crippen LogP contribution < -0.4 is 10.6 Å². The van der Waals surface area contributed by atoms with Gasteiger partial charge in [0.05, 0.1) is 19.3 Å². The van der Waals surface area contributed by atoms with Gasteiger partial charge in [0, 0.05) is 19.1 Å². The van der Waals surface area contributed by atoms with Gasteiger partial charge in [-0.15, -0.1) is 0 Å². The molecule has 2 atom stereocenters. The maximum absolute atomic E-state index is 11.9. The number of nitrogens with zero attached hydrogens (tertiary/aromatic N) is 1. The SMILES string of the molecule is CCCC(C)NC(=O)C(C)NCCCN1CCOCC1. The van der Waals surface area contributed by atoms with E-state index in [4.69, 9.17) is 4.74 Å². The third-order valence-corrected chi connectivity index (χ3v) is 3.71. The first-order valence-corrected chi connectivity index (χ1v) is 7.97. The highest BCUT2D eigenvalue weighted by Gasteiger charge is 2.14. The highest BCUT2D eigenvalue weighted by molar-refractivity contribution is 5.81. The lowest BCUT2D eigenvalue weighted by Gasteiger charge is -2.26. The molecule has 2 N–H and O–H groups in total. The van der Waals surface area contributed by atoms with Crippen LogP contribution in [0.5, 0.6) is 0 Å². The second-order valence-electron chi connectivity index (χ2n) is 5.68. The van der Waals surface area contributed by atoms with Gasteiger partial charge in [-0.2, -0.15) is 0 Å². The Morgan fingerprint density at radius 2 is 2.00 bits per heavy atom. The van der Waals surface area contributed by atoms with Crippen molar-refractivity contribution < 1.29 is 9.53 Å². The van der Waals surface area contributed by atoms with E-state index in [-0.39, 0.29) is 18.0 Å². The molecular weight excluding hydrogens is 254 g/mol. The average Bonchev–Trinajstić information content (AvgIpc) is 2.44. The van der Waals surface area contributed by atoms with Crippen LogP contribution in [0.3, 0.4) is 0 Å². The highest BCUT2D eigenvalue weighted by Crippen LogP contribution is 1.98. The van der Waals surface area contributed by atoms with Gasteiger partial charge in [-0.25, -0.2) is 0 Å². The van der Waals surface area contributed by atoms with E-state index < -0.39 is 0 Å². The molecule has 5 nitrogen and oxygen atoms in total. The fraction of sp³-hybridized carbons (Fsp3) is 0.933. The summed E-state index contributed by atoms with van der Waals surface area (Å²) in [6.07, 6.45) is 3.21. The van der Waals surface area contributed by atoms with E-state index in [1.807, 2.05) is 6.92 Å². The Bertz CT molecular complexity index is 268. The van der Waals surface area contributed by atoms with Crippen molar-refractivity contribution in [2.45, 2.75) is 52.1 Å². The summed E-state index contributed by atoms with van der Waals surface area (Å²) in [5.41, 5.74) is 0. The number of morpholine rings is 1. The lowest BCUT2D eigenvalue weighted by molar-refractivity contribution is -0.123. The van der Waals surface area contributed by atoms with Gasteiger partial charge in [0.2, 0.25) is 5.91 Å². The van der Waals surface area contributed by atoms with Crippen LogP contribution in [0.2, 0.25) is 0 Å². The fourth-order valence-corrected chi connectivity index (χ4v) is 2.41. The maximum atomic E-state index is 11.9. The van der Waals surface area contributed by atoms with Gasteiger partial charge in [0.25, 0.3) is 0 Å². The van der Waals surface area contributed by atoms with Crippen molar-refractivity contribution in [2.24, 2.45) is 0 Å². The lowest BCUT2D eigenvalue weighted by Crippen LogP contribution is -2.46. The minimum absolute atomic E-state index is 0.109. The largest absolute Gasteiger partial charge is 0.379 e. The lowest BCUT2D eigenvalue weighted by atomic mass is 10.2. The van der Waals surface area contributed by atoms with E-state index >= 15 is 0 Å². The third kappa shape index (κ3) is 7.22. The molecule has 1 amide bonds. The Labute approximate surface area is 123 Å². The molecule has 5 heteroatoms. The van der Waals surface area contributed by atoms with Gasteiger partial charge in [0.1, 0.15) is 0 Å². The Morgan fingerprint density at radius 1 is 1.30 bits per heavy atom. The van der Waals surface area contributed by atoms with E-state index in [0.29, 0.717) is 0 Å². The number of hydrogen-bond acceptors (Lipinski definition) is 4. The number of carbonyl (C=O) groups excluding carboxylic acids is 1. The third-order valence-electron chi connectivity index (χ3n) is 3.71. The Kier molecular flexibility index (Phi) is 8.82. The van der Waals surface area contributed by atoms with Crippen LogP contribution in [0.4, 0.5) is 0 Å². The fourth-order valence-electron chi connectivity index (χ4n) is 2.41. The van der Waals surface area contributed by atoms with Crippen molar-refractivity contribution in [1.82, 2.24) is 15.5 Å². The molecule has 1 aliphatic heterocycles. The first-order chi connectivity index (χ1) is 9.63. The summed E-state index contributed by atoms with van der Waals surface area (Å²) in [4.78, 5) is 14.3. The molecule has 1 saturated heterocycles. The van der Waals surface area contributed by atoms with Gasteiger partial charge in [-0.1, -0.05) is 13.3 Å². The predicted octanol–water partition coefficient (Wildman–Crippen LogP) is 0.992. The molecule has 0 aromatic heterocycles. The Hall–Kier alpha value is -0.650. The molecule has 0 aromatic carbocycles. The molecule has 1 aliphatic rings. The standard InChI is InChI=1S/C15H31N3O2/c1-4-6-13(2)17-15(19)14(3)16-7-5-8-18-9-11-20-12-10-18/h13-14,16H,4-12H2,1-3H3,(H,17,19). The first-order valence-electron chi connectivity index (χ1n) is 7.97. The molecule has 0 radical (unpaired) electrons. The molecule has 0 bridgehead atoms. The zero-order valence-corrected chi connectivity index (χ0v) is 13.3. The van der Waals surface area contributed by atoms with Crippen molar-refractivity contribution in [3.05, 3.63) is 0 Å². The minimum Gasteiger partial charge on any atom is -0.379 e. The zero-order chi connectivity index (χ0) is 14.8. The second-order valence-corrected chi connectivity index (χ2v) is 5.68. The monoisotopic (exact) mass is 285 g/mol. The molecule has 0 aliphatic carbocycles. The van der Waals surface area contributed by atoms with Gasteiger partial charge in [-0.3, -0.25) is 9.69 Å². The minimum atomic E-state index is -0.112. The van der Waals surface area contributed by atoms with Crippen LogP contribution in [-0.2, 0) is 9.53 Å². The number of rotatable bonds is 9. The summed E-state index contributed by atoms with van der Waals surface area (Å²) in [5, 5.41) is 6.34. The molecule has 1 heterocycles. The first kappa shape index (κ1) is 17.4. The molecule has 1 fully saturated rings. The van der Waals surface area contributed by atoms with Crippen molar-refractivity contribution >= 4 is 5.91 Å². The van der Waals surface area contributed by atoms with E-state index in [1.165, 1.54) is 0 Å². The van der Waals surface area contributed by atoms with E-state index in [9.17, 15) is 4.79 Å². The smallest absolute Gasteiger partial charge is 0.237 e. The number of carbonyl (C=O) groups is 1. The summed E-state index contributed by atoms with van der Waals surface area (Å²) in [6.45, 7) is 11.9. The second kappa shape index (κ2) is 10.1. The van der Waals surface area contributed by atoms with Crippen molar-refractivity contribution in [1.29, 1.82) is 0 Å². The topological polar surface area (TPSA) is 53.6 Å². The number of amides is 1. The number of hydrogen-bond donors (Lipinski definition) is 2. The van der Waals surface area contributed by atoms with E-state index in [1.54, 1.807) is 0 Å². The number of ether oxygens (including phenoxy) is 1. The van der Waals surface area contributed by atoms with Crippen LogP contribution in [-0.4, -0.2) is 62.3 Å². The number of nitrogens with one attached hydrogen (secondary N) is 2. The summed E-state index contributed by atoms with van der Waals surface area (Å²) in [7, 11) is 0. The zero-order valence-electron chi connectivity index (χ0n) is 13.3. The van der Waals surface area contributed by atoms with Crippen LogP contribution in [0.25, 0.3) is 0 Å². The van der Waals surface area contributed by atoms with Crippen molar-refractivity contribution in [3.63, 3.8) is 0 Å². The van der Waals surface area contributed by atoms with Gasteiger partial charge >= 0.3 is 0 Å². The van der Waals surface area contributed by atoms with Gasteiger partial charge < -0.3 is 15.4 Å². The van der Waals surface area contributed by atoms with E-state index in [2.05, 4.69) is 29.4 Å². The highest BCUT2D eigenvalue weighted by atomic mass is 16.5. The van der Waals surface area contributed by atoms with E-state index in [0.717, 1.165) is 58.7 Å². The molecule has 0 aromatic rings. The summed E-state index contributed by atoms with van der Waals surface area (Å²) in [6, 6.07) is 0.157. The van der Waals surface area contributed by atoms with Crippen LogP contribution >= 0.6 is 0 Å².